The number of nitro benzene ring substituents is 1. The zero-order valence-corrected chi connectivity index (χ0v) is 12.6. The summed E-state index contributed by atoms with van der Waals surface area (Å²) in [7, 11) is 0. The third-order valence-electron chi connectivity index (χ3n) is 2.84. The lowest BCUT2D eigenvalue weighted by molar-refractivity contribution is -0.385. The summed E-state index contributed by atoms with van der Waals surface area (Å²) < 4.78 is 5.52. The summed E-state index contributed by atoms with van der Waals surface area (Å²) in [5, 5.41) is 11.5. The molecule has 7 heteroatoms. The number of rotatable bonds is 4. The first-order chi connectivity index (χ1) is 9.90. The molecule has 0 heterocycles. The van der Waals surface area contributed by atoms with E-state index in [1.54, 1.807) is 18.2 Å². The smallest absolute Gasteiger partial charge is 0.313 e. The van der Waals surface area contributed by atoms with Gasteiger partial charge in [0.1, 0.15) is 5.75 Å². The summed E-state index contributed by atoms with van der Waals surface area (Å²) in [6, 6.07) is 9.13. The van der Waals surface area contributed by atoms with Crippen molar-refractivity contribution in [3.05, 3.63) is 62.1 Å². The minimum absolute atomic E-state index is 0.0420. The van der Waals surface area contributed by atoms with Crippen LogP contribution < -0.4 is 10.5 Å². The maximum Gasteiger partial charge on any atom is 0.313 e. The van der Waals surface area contributed by atoms with Gasteiger partial charge in [-0.1, -0.05) is 35.3 Å². The molecule has 110 valence electrons. The molecule has 2 aromatic carbocycles. The molecule has 0 aliphatic carbocycles. The molecule has 21 heavy (non-hydrogen) atoms. The van der Waals surface area contributed by atoms with E-state index in [-0.39, 0.29) is 28.3 Å². The molecule has 1 atom stereocenters. The zero-order valence-electron chi connectivity index (χ0n) is 11.0. The van der Waals surface area contributed by atoms with Crippen molar-refractivity contribution in [3.8, 4) is 11.5 Å². The molecule has 0 amide bonds. The predicted molar refractivity (Wildman–Crippen MR) is 82.2 cm³/mol. The van der Waals surface area contributed by atoms with Gasteiger partial charge in [0.25, 0.3) is 0 Å². The largest absolute Gasteiger partial charge is 0.447 e. The predicted octanol–water partition coefficient (Wildman–Crippen LogP) is 4.71. The maximum atomic E-state index is 11.0. The molecule has 0 aliphatic heterocycles. The van der Waals surface area contributed by atoms with Crippen LogP contribution in [-0.2, 0) is 0 Å². The van der Waals surface area contributed by atoms with Crippen molar-refractivity contribution in [1.82, 2.24) is 0 Å². The number of ether oxygens (including phenoxy) is 1. The van der Waals surface area contributed by atoms with E-state index in [9.17, 15) is 10.1 Å². The number of halogens is 2. The molecule has 0 unspecified atom stereocenters. The zero-order chi connectivity index (χ0) is 15.6. The molecule has 0 bridgehead atoms. The summed E-state index contributed by atoms with van der Waals surface area (Å²) >= 11 is 12.1. The molecule has 2 rings (SSSR count). The van der Waals surface area contributed by atoms with Gasteiger partial charge in [-0.25, -0.2) is 0 Å². The second-order valence-corrected chi connectivity index (χ2v) is 5.24. The molecule has 2 aromatic rings. The number of hydrogen-bond acceptors (Lipinski definition) is 4. The van der Waals surface area contributed by atoms with Crippen molar-refractivity contribution in [2.45, 2.75) is 13.0 Å². The molecule has 0 aliphatic rings. The molecule has 0 fully saturated rings. The quantitative estimate of drug-likeness (QED) is 0.651. The van der Waals surface area contributed by atoms with E-state index < -0.39 is 4.92 Å². The number of nitrogens with two attached hydrogens (primary N) is 1. The van der Waals surface area contributed by atoms with E-state index in [0.29, 0.717) is 5.02 Å². The fourth-order valence-electron chi connectivity index (χ4n) is 1.74. The summed E-state index contributed by atoms with van der Waals surface area (Å²) in [5.74, 6) is 0.233. The van der Waals surface area contributed by atoms with Crippen molar-refractivity contribution in [1.29, 1.82) is 0 Å². The summed E-state index contributed by atoms with van der Waals surface area (Å²) in [6.07, 6.45) is 0. The second kappa shape index (κ2) is 6.30. The van der Waals surface area contributed by atoms with Gasteiger partial charge in [0.15, 0.2) is 0 Å². The van der Waals surface area contributed by atoms with E-state index in [2.05, 4.69) is 0 Å². The highest BCUT2D eigenvalue weighted by molar-refractivity contribution is 6.33. The fraction of sp³-hybridized carbons (Fsp3) is 0.143. The Balaban J connectivity index is 2.41. The molecule has 2 N–H and O–H groups in total. The van der Waals surface area contributed by atoms with Crippen LogP contribution in [0.2, 0.25) is 10.0 Å². The van der Waals surface area contributed by atoms with Crippen molar-refractivity contribution >= 4 is 28.9 Å². The van der Waals surface area contributed by atoms with Crippen LogP contribution in [0.5, 0.6) is 11.5 Å². The molecular formula is C14H12Cl2N2O3. The SMILES string of the molecule is C[C@H](N)c1ccc(Oc2c(Cl)cccc2[N+](=O)[O-])c(Cl)c1. The Labute approximate surface area is 131 Å². The van der Waals surface area contributed by atoms with Crippen LogP contribution in [0.4, 0.5) is 5.69 Å². The molecular weight excluding hydrogens is 315 g/mol. The third kappa shape index (κ3) is 3.44. The molecule has 0 radical (unpaired) electrons. The van der Waals surface area contributed by atoms with Gasteiger partial charge in [0.2, 0.25) is 5.75 Å². The highest BCUT2D eigenvalue weighted by Crippen LogP contribution is 2.40. The summed E-state index contributed by atoms with van der Waals surface area (Å²) in [4.78, 5) is 10.4. The monoisotopic (exact) mass is 326 g/mol. The lowest BCUT2D eigenvalue weighted by atomic mass is 10.1. The van der Waals surface area contributed by atoms with Gasteiger partial charge < -0.3 is 10.5 Å². The Hall–Kier alpha value is -1.82. The highest BCUT2D eigenvalue weighted by Gasteiger charge is 2.20. The number of hydrogen-bond donors (Lipinski definition) is 1. The first-order valence-corrected chi connectivity index (χ1v) is 6.81. The number of nitrogens with zero attached hydrogens (tertiary/aromatic N) is 1. The lowest BCUT2D eigenvalue weighted by Crippen LogP contribution is -2.04. The second-order valence-electron chi connectivity index (χ2n) is 4.43. The van der Waals surface area contributed by atoms with Crippen molar-refractivity contribution in [2.75, 3.05) is 0 Å². The first-order valence-electron chi connectivity index (χ1n) is 6.06. The Morgan fingerprint density at radius 3 is 2.52 bits per heavy atom. The number of benzene rings is 2. The van der Waals surface area contributed by atoms with Gasteiger partial charge in [0, 0.05) is 12.1 Å². The lowest BCUT2D eigenvalue weighted by Gasteiger charge is -2.12. The van der Waals surface area contributed by atoms with E-state index in [0.717, 1.165) is 5.56 Å². The average Bonchev–Trinajstić information content (AvgIpc) is 2.42. The molecule has 0 spiro atoms. The Morgan fingerprint density at radius 2 is 1.95 bits per heavy atom. The minimum atomic E-state index is -0.564. The van der Waals surface area contributed by atoms with Gasteiger partial charge in [0.05, 0.1) is 15.0 Å². The molecule has 5 nitrogen and oxygen atoms in total. The summed E-state index contributed by atoms with van der Waals surface area (Å²) in [5.41, 5.74) is 6.37. The van der Waals surface area contributed by atoms with Crippen LogP contribution in [0.1, 0.15) is 18.5 Å². The highest BCUT2D eigenvalue weighted by atomic mass is 35.5. The van der Waals surface area contributed by atoms with Crippen molar-refractivity contribution in [2.24, 2.45) is 5.73 Å². The normalized spacial score (nSPS) is 12.0. The molecule has 0 saturated carbocycles. The van der Waals surface area contributed by atoms with Crippen LogP contribution >= 0.6 is 23.2 Å². The molecule has 0 saturated heterocycles. The van der Waals surface area contributed by atoms with Crippen LogP contribution in [0, 0.1) is 10.1 Å². The van der Waals surface area contributed by atoms with Gasteiger partial charge in [-0.3, -0.25) is 10.1 Å². The summed E-state index contributed by atoms with van der Waals surface area (Å²) in [6.45, 7) is 1.82. The Morgan fingerprint density at radius 1 is 1.24 bits per heavy atom. The maximum absolute atomic E-state index is 11.0. The van der Waals surface area contributed by atoms with E-state index in [1.807, 2.05) is 6.92 Å². The average molecular weight is 327 g/mol. The first kappa shape index (κ1) is 15.6. The Bertz CT molecular complexity index is 690. The van der Waals surface area contributed by atoms with Crippen LogP contribution in [0.15, 0.2) is 36.4 Å². The number of nitro groups is 1. The number of para-hydroxylation sites is 1. The van der Waals surface area contributed by atoms with E-state index >= 15 is 0 Å². The van der Waals surface area contributed by atoms with E-state index in [4.69, 9.17) is 33.7 Å². The topological polar surface area (TPSA) is 78.4 Å². The Kier molecular flexibility index (Phi) is 4.67. The van der Waals surface area contributed by atoms with Gasteiger partial charge in [-0.2, -0.15) is 0 Å². The standard InChI is InChI=1S/C14H12Cl2N2O3/c1-8(17)9-5-6-13(11(16)7-9)21-14-10(15)3-2-4-12(14)18(19)20/h2-8H,17H2,1H3/t8-/m0/s1. The fourth-order valence-corrected chi connectivity index (χ4v) is 2.17. The van der Waals surface area contributed by atoms with Gasteiger partial charge in [-0.15, -0.1) is 0 Å². The van der Waals surface area contributed by atoms with Crippen molar-refractivity contribution < 1.29 is 9.66 Å². The van der Waals surface area contributed by atoms with Crippen LogP contribution in [0.3, 0.4) is 0 Å². The third-order valence-corrected chi connectivity index (χ3v) is 3.43. The molecule has 0 aromatic heterocycles. The van der Waals surface area contributed by atoms with Gasteiger partial charge >= 0.3 is 5.69 Å². The van der Waals surface area contributed by atoms with E-state index in [1.165, 1.54) is 18.2 Å². The minimum Gasteiger partial charge on any atom is -0.447 e. The van der Waals surface area contributed by atoms with Crippen molar-refractivity contribution in [3.63, 3.8) is 0 Å². The van der Waals surface area contributed by atoms with Crippen LogP contribution in [-0.4, -0.2) is 4.92 Å². The van der Waals surface area contributed by atoms with Crippen LogP contribution in [0.25, 0.3) is 0 Å². The van der Waals surface area contributed by atoms with Gasteiger partial charge in [-0.05, 0) is 30.7 Å².